The van der Waals surface area contributed by atoms with E-state index in [0.717, 1.165) is 0 Å². The van der Waals surface area contributed by atoms with Gasteiger partial charge in [-0.2, -0.15) is 0 Å². The summed E-state index contributed by atoms with van der Waals surface area (Å²) in [6, 6.07) is 5.39. The molecule has 19 heavy (non-hydrogen) atoms. The summed E-state index contributed by atoms with van der Waals surface area (Å²) in [7, 11) is 0. The summed E-state index contributed by atoms with van der Waals surface area (Å²) in [5.41, 5.74) is 0.361. The first-order valence-corrected chi connectivity index (χ1v) is 5.62. The van der Waals surface area contributed by atoms with Gasteiger partial charge in [-0.3, -0.25) is 14.9 Å². The van der Waals surface area contributed by atoms with Crippen LogP contribution in [0.15, 0.2) is 24.3 Å². The maximum Gasteiger partial charge on any atom is 0.269 e. The van der Waals surface area contributed by atoms with Crippen molar-refractivity contribution < 1.29 is 19.6 Å². The lowest BCUT2D eigenvalue weighted by Gasteiger charge is -2.11. The SMILES string of the molecule is C[C@@H](CC(=O)[O-])CC(=O)Nc1ccc([N+](=O)[O-])cc1. The third-order valence-corrected chi connectivity index (χ3v) is 2.41. The van der Waals surface area contributed by atoms with Gasteiger partial charge in [-0.05, 0) is 24.5 Å². The standard InChI is InChI=1S/C12H14N2O5/c1-8(7-12(16)17)6-11(15)13-9-2-4-10(5-3-9)14(18)19/h2-5,8H,6-7H2,1H3,(H,13,15)(H,16,17)/p-1/t8-/m1/s1. The number of nitrogens with zero attached hydrogens (tertiary/aromatic N) is 1. The molecule has 0 saturated carbocycles. The fourth-order valence-corrected chi connectivity index (χ4v) is 1.55. The quantitative estimate of drug-likeness (QED) is 0.601. The van der Waals surface area contributed by atoms with Crippen LogP contribution < -0.4 is 10.4 Å². The van der Waals surface area contributed by atoms with E-state index in [1.54, 1.807) is 6.92 Å². The Balaban J connectivity index is 2.52. The Bertz CT molecular complexity index is 483. The summed E-state index contributed by atoms with van der Waals surface area (Å²) in [6.07, 6.45) is -0.140. The van der Waals surface area contributed by atoms with E-state index in [1.165, 1.54) is 24.3 Å². The van der Waals surface area contributed by atoms with Gasteiger partial charge in [-0.25, -0.2) is 0 Å². The molecule has 0 aliphatic heterocycles. The lowest BCUT2D eigenvalue weighted by atomic mass is 10.0. The molecule has 0 bridgehead atoms. The number of aliphatic carboxylic acids is 1. The van der Waals surface area contributed by atoms with E-state index in [0.29, 0.717) is 5.69 Å². The number of nitro benzene ring substituents is 1. The Kier molecular flexibility index (Phi) is 4.99. The van der Waals surface area contributed by atoms with Crippen LogP contribution in [0.25, 0.3) is 0 Å². The minimum absolute atomic E-state index is 0.0466. The molecule has 0 aliphatic carbocycles. The molecular weight excluding hydrogens is 252 g/mol. The molecule has 102 valence electrons. The number of non-ortho nitro benzene ring substituents is 1. The largest absolute Gasteiger partial charge is 0.550 e. The molecular formula is C12H13N2O5-. The molecule has 1 N–H and O–H groups in total. The number of nitrogens with one attached hydrogen (secondary N) is 1. The number of nitro groups is 1. The summed E-state index contributed by atoms with van der Waals surface area (Å²) in [6.45, 7) is 1.63. The van der Waals surface area contributed by atoms with Crippen molar-refractivity contribution in [3.8, 4) is 0 Å². The lowest BCUT2D eigenvalue weighted by molar-refractivity contribution is -0.384. The smallest absolute Gasteiger partial charge is 0.269 e. The van der Waals surface area contributed by atoms with Crippen LogP contribution in [0.5, 0.6) is 0 Å². The molecule has 0 fully saturated rings. The van der Waals surface area contributed by atoms with Crippen molar-refractivity contribution >= 4 is 23.3 Å². The molecule has 1 rings (SSSR count). The van der Waals surface area contributed by atoms with Crippen molar-refractivity contribution in [2.75, 3.05) is 5.32 Å². The topological polar surface area (TPSA) is 112 Å². The molecule has 1 atom stereocenters. The van der Waals surface area contributed by atoms with Crippen molar-refractivity contribution in [3.63, 3.8) is 0 Å². The monoisotopic (exact) mass is 265 g/mol. The molecule has 0 unspecified atom stereocenters. The average molecular weight is 265 g/mol. The van der Waals surface area contributed by atoms with Crippen LogP contribution in [-0.2, 0) is 9.59 Å². The molecule has 7 heteroatoms. The number of carboxylic acids is 1. The minimum Gasteiger partial charge on any atom is -0.550 e. The summed E-state index contributed by atoms with van der Waals surface area (Å²) in [5, 5.41) is 23.3. The van der Waals surface area contributed by atoms with Gasteiger partial charge in [0.2, 0.25) is 5.91 Å². The van der Waals surface area contributed by atoms with Crippen LogP contribution in [0, 0.1) is 16.0 Å². The number of hydrogen-bond acceptors (Lipinski definition) is 5. The highest BCUT2D eigenvalue weighted by Gasteiger charge is 2.10. The molecule has 0 heterocycles. The number of rotatable bonds is 6. The van der Waals surface area contributed by atoms with Crippen molar-refractivity contribution in [1.29, 1.82) is 0 Å². The maximum absolute atomic E-state index is 11.6. The van der Waals surface area contributed by atoms with E-state index >= 15 is 0 Å². The van der Waals surface area contributed by atoms with Crippen molar-refractivity contribution in [1.82, 2.24) is 0 Å². The second-order valence-corrected chi connectivity index (χ2v) is 4.24. The van der Waals surface area contributed by atoms with E-state index in [1.807, 2.05) is 0 Å². The summed E-state index contributed by atoms with van der Waals surface area (Å²) in [5.74, 6) is -1.87. The molecule has 1 aromatic carbocycles. The zero-order chi connectivity index (χ0) is 14.4. The van der Waals surface area contributed by atoms with Gasteiger partial charge in [0.15, 0.2) is 0 Å². The van der Waals surface area contributed by atoms with Gasteiger partial charge in [-0.1, -0.05) is 6.92 Å². The second-order valence-electron chi connectivity index (χ2n) is 4.24. The highest BCUT2D eigenvalue weighted by atomic mass is 16.6. The van der Waals surface area contributed by atoms with Gasteiger partial charge in [-0.15, -0.1) is 0 Å². The van der Waals surface area contributed by atoms with Crippen molar-refractivity contribution in [2.45, 2.75) is 19.8 Å². The van der Waals surface area contributed by atoms with Crippen molar-refractivity contribution in [2.24, 2.45) is 5.92 Å². The van der Waals surface area contributed by atoms with Crippen LogP contribution in [0.3, 0.4) is 0 Å². The summed E-state index contributed by atoms with van der Waals surface area (Å²) in [4.78, 5) is 31.8. The number of benzene rings is 1. The first-order valence-electron chi connectivity index (χ1n) is 5.62. The third-order valence-electron chi connectivity index (χ3n) is 2.41. The van der Waals surface area contributed by atoms with Crippen LogP contribution in [0.1, 0.15) is 19.8 Å². The van der Waals surface area contributed by atoms with Gasteiger partial charge in [0.1, 0.15) is 0 Å². The molecule has 7 nitrogen and oxygen atoms in total. The molecule has 1 amide bonds. The Morgan fingerprint density at radius 3 is 2.32 bits per heavy atom. The van der Waals surface area contributed by atoms with E-state index in [9.17, 15) is 24.8 Å². The van der Waals surface area contributed by atoms with E-state index in [2.05, 4.69) is 5.32 Å². The van der Waals surface area contributed by atoms with E-state index < -0.39 is 10.9 Å². The van der Waals surface area contributed by atoms with Crippen molar-refractivity contribution in [3.05, 3.63) is 34.4 Å². The molecule has 1 aromatic rings. The Hall–Kier alpha value is -2.44. The minimum atomic E-state index is -1.20. The summed E-state index contributed by atoms with van der Waals surface area (Å²) < 4.78 is 0. The zero-order valence-electron chi connectivity index (χ0n) is 10.3. The Morgan fingerprint density at radius 2 is 1.84 bits per heavy atom. The van der Waals surface area contributed by atoms with Gasteiger partial charge >= 0.3 is 0 Å². The van der Waals surface area contributed by atoms with Crippen LogP contribution >= 0.6 is 0 Å². The predicted molar refractivity (Wildman–Crippen MR) is 65.1 cm³/mol. The predicted octanol–water partition coefficient (Wildman–Crippen LogP) is 0.699. The normalized spacial score (nSPS) is 11.6. The van der Waals surface area contributed by atoms with Crippen LogP contribution in [0.4, 0.5) is 11.4 Å². The number of anilines is 1. The van der Waals surface area contributed by atoms with Gasteiger partial charge in [0.25, 0.3) is 5.69 Å². The molecule has 0 aliphatic rings. The van der Waals surface area contributed by atoms with Gasteiger partial charge in [0.05, 0.1) is 4.92 Å². The fraction of sp³-hybridized carbons (Fsp3) is 0.333. The van der Waals surface area contributed by atoms with Gasteiger partial charge < -0.3 is 15.2 Å². The first-order chi connectivity index (χ1) is 8.88. The zero-order valence-corrected chi connectivity index (χ0v) is 10.3. The third kappa shape index (κ3) is 5.15. The van der Waals surface area contributed by atoms with Crippen LogP contribution in [0.2, 0.25) is 0 Å². The second kappa shape index (κ2) is 6.48. The molecule has 0 spiro atoms. The molecule has 0 saturated heterocycles. The highest BCUT2D eigenvalue weighted by molar-refractivity contribution is 5.91. The summed E-state index contributed by atoms with van der Waals surface area (Å²) >= 11 is 0. The number of carbonyl (C=O) groups is 2. The number of carbonyl (C=O) groups excluding carboxylic acids is 2. The fourth-order valence-electron chi connectivity index (χ4n) is 1.55. The lowest BCUT2D eigenvalue weighted by Crippen LogP contribution is -2.26. The highest BCUT2D eigenvalue weighted by Crippen LogP contribution is 2.16. The van der Waals surface area contributed by atoms with Gasteiger partial charge in [0, 0.05) is 30.2 Å². The first kappa shape index (κ1) is 14.6. The van der Waals surface area contributed by atoms with Crippen LogP contribution in [-0.4, -0.2) is 16.8 Å². The maximum atomic E-state index is 11.6. The number of carboxylic acid groups (broad SMARTS) is 1. The molecule has 0 aromatic heterocycles. The number of hydrogen-bond donors (Lipinski definition) is 1. The molecule has 0 radical (unpaired) electrons. The average Bonchev–Trinajstić information content (AvgIpc) is 2.27. The number of amides is 1. The Labute approximate surface area is 109 Å². The van der Waals surface area contributed by atoms with E-state index in [-0.39, 0.29) is 30.4 Å². The Morgan fingerprint density at radius 1 is 1.26 bits per heavy atom. The van der Waals surface area contributed by atoms with E-state index in [4.69, 9.17) is 0 Å².